The molecule has 0 N–H and O–H groups in total. The van der Waals surface area contributed by atoms with E-state index in [1.807, 2.05) is 36.4 Å². The molecule has 5 rings (SSSR count). The minimum Gasteiger partial charge on any atom is -0.457 e. The summed E-state index contributed by atoms with van der Waals surface area (Å²) in [6.07, 6.45) is 11.4. The summed E-state index contributed by atoms with van der Waals surface area (Å²) in [6, 6.07) is 12.6. The first-order valence-corrected chi connectivity index (χ1v) is 15.0. The molecule has 2 fully saturated rings. The second kappa shape index (κ2) is 12.6. The predicted molar refractivity (Wildman–Crippen MR) is 153 cm³/mol. The quantitative estimate of drug-likeness (QED) is 0.270. The molecule has 2 atom stereocenters. The van der Waals surface area contributed by atoms with Gasteiger partial charge in [0.25, 0.3) is 0 Å². The van der Waals surface area contributed by atoms with Crippen LogP contribution in [0.2, 0.25) is 0 Å². The zero-order chi connectivity index (χ0) is 26.5. The topological polar surface area (TPSA) is 49.9 Å². The van der Waals surface area contributed by atoms with Crippen molar-refractivity contribution in [3.8, 4) is 11.5 Å². The normalized spacial score (nSPS) is 19.6. The van der Waals surface area contributed by atoms with Crippen LogP contribution in [0.3, 0.4) is 0 Å². The summed E-state index contributed by atoms with van der Waals surface area (Å²) >= 11 is 0. The van der Waals surface area contributed by atoms with E-state index in [0.29, 0.717) is 31.3 Å². The number of carbonyl (C=O) groups excluding carboxylic acids is 2. The van der Waals surface area contributed by atoms with Crippen molar-refractivity contribution in [1.82, 2.24) is 9.80 Å². The van der Waals surface area contributed by atoms with Crippen LogP contribution >= 0.6 is 0 Å². The van der Waals surface area contributed by atoms with Crippen LogP contribution < -0.4 is 4.74 Å². The highest BCUT2D eigenvalue weighted by molar-refractivity contribution is 5.97. The molecule has 0 radical (unpaired) electrons. The summed E-state index contributed by atoms with van der Waals surface area (Å²) in [5, 5.41) is 0. The number of hydrogen-bond donors (Lipinski definition) is 0. The smallest absolute Gasteiger partial charge is 0.162 e. The molecule has 2 aromatic rings. The minimum atomic E-state index is 0.203. The van der Waals surface area contributed by atoms with Gasteiger partial charge < -0.3 is 14.5 Å². The average Bonchev–Trinajstić information content (AvgIpc) is 2.97. The molecule has 0 spiro atoms. The lowest BCUT2D eigenvalue weighted by Gasteiger charge is -2.32. The number of piperidine rings is 2. The molecular weight excluding hydrogens is 472 g/mol. The third kappa shape index (κ3) is 6.55. The molecule has 0 bridgehead atoms. The van der Waals surface area contributed by atoms with Gasteiger partial charge in [0.05, 0.1) is 0 Å². The molecule has 38 heavy (non-hydrogen) atoms. The lowest BCUT2D eigenvalue weighted by molar-refractivity contribution is 0.0948. The molecule has 0 aromatic heterocycles. The Morgan fingerprint density at radius 3 is 1.53 bits per heavy atom. The van der Waals surface area contributed by atoms with Gasteiger partial charge in [-0.05, 0) is 115 Å². The molecule has 3 heterocycles. The summed E-state index contributed by atoms with van der Waals surface area (Å²) < 4.78 is 6.17. The van der Waals surface area contributed by atoms with Crippen LogP contribution in [0.5, 0.6) is 11.5 Å². The highest BCUT2D eigenvalue weighted by Gasteiger charge is 2.23. The highest BCUT2D eigenvalue weighted by Crippen LogP contribution is 2.38. The van der Waals surface area contributed by atoms with Gasteiger partial charge in [-0.25, -0.2) is 0 Å². The molecule has 0 amide bonds. The molecule has 5 heteroatoms. The molecule has 2 aromatic carbocycles. The van der Waals surface area contributed by atoms with Crippen molar-refractivity contribution in [2.75, 3.05) is 26.2 Å². The zero-order valence-corrected chi connectivity index (χ0v) is 23.3. The molecule has 0 saturated carbocycles. The van der Waals surface area contributed by atoms with Gasteiger partial charge >= 0.3 is 0 Å². The first-order valence-electron chi connectivity index (χ1n) is 15.0. The Morgan fingerprint density at radius 2 is 1.11 bits per heavy atom. The highest BCUT2D eigenvalue weighted by atomic mass is 16.5. The van der Waals surface area contributed by atoms with Crippen molar-refractivity contribution in [3.05, 3.63) is 58.7 Å². The number of fused-ring (bicyclic) bond motifs is 2. The van der Waals surface area contributed by atoms with Crippen LogP contribution in [0.25, 0.3) is 0 Å². The van der Waals surface area contributed by atoms with E-state index in [9.17, 15) is 9.59 Å². The number of ether oxygens (including phenoxy) is 1. The monoisotopic (exact) mass is 516 g/mol. The van der Waals surface area contributed by atoms with Gasteiger partial charge in [-0.2, -0.15) is 0 Å². The van der Waals surface area contributed by atoms with E-state index >= 15 is 0 Å². The van der Waals surface area contributed by atoms with Crippen molar-refractivity contribution >= 4 is 11.6 Å². The van der Waals surface area contributed by atoms with Crippen LogP contribution in [-0.2, 0) is 6.42 Å². The van der Waals surface area contributed by atoms with Crippen LogP contribution in [0.1, 0.15) is 110 Å². The first kappa shape index (κ1) is 27.1. The third-order valence-electron chi connectivity index (χ3n) is 8.97. The Bertz CT molecular complexity index is 1040. The summed E-state index contributed by atoms with van der Waals surface area (Å²) in [5.41, 5.74) is 3.58. The molecule has 5 nitrogen and oxygen atoms in total. The van der Waals surface area contributed by atoms with Crippen LogP contribution in [0.4, 0.5) is 0 Å². The fraction of sp³-hybridized carbons (Fsp3) is 0.576. The lowest BCUT2D eigenvalue weighted by Crippen LogP contribution is -2.37. The van der Waals surface area contributed by atoms with E-state index < -0.39 is 0 Å². The predicted octanol–water partition coefficient (Wildman–Crippen LogP) is 7.06. The van der Waals surface area contributed by atoms with Gasteiger partial charge in [-0.3, -0.25) is 9.59 Å². The van der Waals surface area contributed by atoms with Crippen molar-refractivity contribution < 1.29 is 14.3 Å². The zero-order valence-electron chi connectivity index (χ0n) is 23.3. The van der Waals surface area contributed by atoms with Crippen molar-refractivity contribution in [2.24, 2.45) is 0 Å². The second-order valence-corrected chi connectivity index (χ2v) is 11.7. The fourth-order valence-corrected chi connectivity index (χ4v) is 6.36. The summed E-state index contributed by atoms with van der Waals surface area (Å²) in [6.45, 7) is 9.15. The van der Waals surface area contributed by atoms with Gasteiger partial charge in [0.1, 0.15) is 11.5 Å². The van der Waals surface area contributed by atoms with Crippen molar-refractivity contribution in [3.63, 3.8) is 0 Å². The van der Waals surface area contributed by atoms with Gasteiger partial charge in [0, 0.05) is 53.6 Å². The first-order chi connectivity index (χ1) is 18.5. The van der Waals surface area contributed by atoms with Crippen molar-refractivity contribution in [1.29, 1.82) is 0 Å². The molecule has 3 aliphatic heterocycles. The number of Topliss-reactive ketones (excluding diaryl/α,β-unsaturated/α-hetero) is 2. The number of ketones is 2. The largest absolute Gasteiger partial charge is 0.457 e. The Labute approximate surface area is 228 Å². The van der Waals surface area contributed by atoms with E-state index in [0.717, 1.165) is 72.8 Å². The maximum Gasteiger partial charge on any atom is 0.162 e. The van der Waals surface area contributed by atoms with E-state index in [-0.39, 0.29) is 11.6 Å². The fourth-order valence-electron chi connectivity index (χ4n) is 6.36. The lowest BCUT2D eigenvalue weighted by atomic mass is 9.93. The molecule has 3 aliphatic rings. The number of benzene rings is 2. The number of carbonyl (C=O) groups is 2. The Kier molecular flexibility index (Phi) is 8.96. The van der Waals surface area contributed by atoms with E-state index in [2.05, 4.69) is 23.6 Å². The number of rotatable bonds is 10. The van der Waals surface area contributed by atoms with Gasteiger partial charge in [-0.1, -0.05) is 12.8 Å². The van der Waals surface area contributed by atoms with Crippen LogP contribution in [0.15, 0.2) is 36.4 Å². The summed E-state index contributed by atoms with van der Waals surface area (Å²) in [7, 11) is 0. The molecule has 204 valence electrons. The van der Waals surface area contributed by atoms with Gasteiger partial charge in [0.15, 0.2) is 11.6 Å². The molecular formula is C33H44N2O3. The van der Waals surface area contributed by atoms with E-state index in [4.69, 9.17) is 4.74 Å². The summed E-state index contributed by atoms with van der Waals surface area (Å²) in [4.78, 5) is 31.1. The van der Waals surface area contributed by atoms with Gasteiger partial charge in [-0.15, -0.1) is 0 Å². The SMILES string of the molecule is CC(CCC(=O)c1ccc2c(c1)Cc1cc(C(=O)CCC(C)N3CCCCC3)ccc1O2)N1CCCCC1. The van der Waals surface area contributed by atoms with E-state index in [1.54, 1.807) is 0 Å². The molecule has 2 saturated heterocycles. The van der Waals surface area contributed by atoms with Crippen molar-refractivity contribution in [2.45, 2.75) is 96.6 Å². The maximum atomic E-state index is 13.0. The standard InChI is InChI=1S/C33H44N2O3/c1-24(34-17-5-3-6-18-34)9-13-30(36)26-11-15-32-28(21-26)23-29-22-27(12-16-33(29)38-32)31(37)14-10-25(2)35-19-7-4-8-20-35/h11-12,15-16,21-22,24-25H,3-10,13-14,17-20,23H2,1-2H3. The Morgan fingerprint density at radius 1 is 0.684 bits per heavy atom. The molecule has 0 aliphatic carbocycles. The third-order valence-corrected chi connectivity index (χ3v) is 8.97. The van der Waals surface area contributed by atoms with Gasteiger partial charge in [0.2, 0.25) is 0 Å². The van der Waals surface area contributed by atoms with Crippen LogP contribution in [-0.4, -0.2) is 59.6 Å². The number of nitrogens with zero attached hydrogens (tertiary/aromatic N) is 2. The maximum absolute atomic E-state index is 13.0. The minimum absolute atomic E-state index is 0.203. The van der Waals surface area contributed by atoms with Crippen LogP contribution in [0, 0.1) is 0 Å². The Balaban J connectivity index is 1.18. The second-order valence-electron chi connectivity index (χ2n) is 11.7. The summed E-state index contributed by atoms with van der Waals surface area (Å²) in [5.74, 6) is 2.03. The number of hydrogen-bond acceptors (Lipinski definition) is 5. The average molecular weight is 517 g/mol. The molecule has 2 unspecified atom stereocenters. The number of likely N-dealkylation sites (tertiary alicyclic amines) is 2. The Hall–Kier alpha value is -2.50. The van der Waals surface area contributed by atoms with E-state index in [1.165, 1.54) is 38.5 Å².